The van der Waals surface area contributed by atoms with Crippen LogP contribution in [0.5, 0.6) is 0 Å². The molecule has 3 heterocycles. The summed E-state index contributed by atoms with van der Waals surface area (Å²) in [6.07, 6.45) is 2.22. The summed E-state index contributed by atoms with van der Waals surface area (Å²) >= 11 is 3.00. The summed E-state index contributed by atoms with van der Waals surface area (Å²) < 4.78 is 0. The highest BCUT2D eigenvalue weighted by atomic mass is 32.2. The van der Waals surface area contributed by atoms with Crippen molar-refractivity contribution < 1.29 is 4.79 Å². The summed E-state index contributed by atoms with van der Waals surface area (Å²) in [5, 5.41) is 1.54. The van der Waals surface area contributed by atoms with E-state index in [1.54, 1.807) is 11.3 Å². The molecule has 1 aliphatic rings. The highest BCUT2D eigenvalue weighted by Gasteiger charge is 2.19. The Morgan fingerprint density at radius 2 is 2.05 bits per heavy atom. The molecular formula is C14H18N4OS2. The summed E-state index contributed by atoms with van der Waals surface area (Å²) in [6.45, 7) is 5.86. The molecule has 0 saturated carbocycles. The average Bonchev–Trinajstić information content (AvgIpc) is 3.06. The SMILES string of the molecule is Cc1sc2nc(SCC(=O)N3CCCC3)nc(N)c2c1C. The third kappa shape index (κ3) is 2.85. The van der Waals surface area contributed by atoms with Crippen LogP contribution in [-0.4, -0.2) is 39.6 Å². The van der Waals surface area contributed by atoms with E-state index in [0.29, 0.717) is 16.7 Å². The van der Waals surface area contributed by atoms with Crippen LogP contribution in [-0.2, 0) is 4.79 Å². The predicted molar refractivity (Wildman–Crippen MR) is 87.8 cm³/mol. The van der Waals surface area contributed by atoms with E-state index in [1.165, 1.54) is 16.6 Å². The third-order valence-corrected chi connectivity index (χ3v) is 5.75. The first-order valence-electron chi connectivity index (χ1n) is 7.00. The van der Waals surface area contributed by atoms with Crippen LogP contribution in [0.3, 0.4) is 0 Å². The summed E-state index contributed by atoms with van der Waals surface area (Å²) in [4.78, 5) is 25.0. The van der Waals surface area contributed by atoms with Gasteiger partial charge in [-0.3, -0.25) is 4.79 Å². The number of nitrogens with two attached hydrogens (primary N) is 1. The maximum atomic E-state index is 12.0. The molecule has 0 aliphatic carbocycles. The number of nitrogen functional groups attached to an aromatic ring is 1. The molecule has 1 fully saturated rings. The number of anilines is 1. The monoisotopic (exact) mass is 322 g/mol. The quantitative estimate of drug-likeness (QED) is 0.694. The number of fused-ring (bicyclic) bond motifs is 1. The molecule has 0 atom stereocenters. The summed E-state index contributed by atoms with van der Waals surface area (Å²) in [6, 6.07) is 0. The van der Waals surface area contributed by atoms with Crippen molar-refractivity contribution in [2.24, 2.45) is 0 Å². The van der Waals surface area contributed by atoms with E-state index in [-0.39, 0.29) is 5.91 Å². The summed E-state index contributed by atoms with van der Waals surface area (Å²) in [7, 11) is 0. The molecule has 1 amide bonds. The molecule has 5 nitrogen and oxygen atoms in total. The van der Waals surface area contributed by atoms with Crippen molar-refractivity contribution in [1.82, 2.24) is 14.9 Å². The number of amides is 1. The Morgan fingerprint density at radius 3 is 2.76 bits per heavy atom. The molecule has 0 spiro atoms. The van der Waals surface area contributed by atoms with Gasteiger partial charge in [0.1, 0.15) is 10.6 Å². The van der Waals surface area contributed by atoms with E-state index < -0.39 is 0 Å². The lowest BCUT2D eigenvalue weighted by atomic mass is 10.2. The van der Waals surface area contributed by atoms with Crippen LogP contribution in [0.2, 0.25) is 0 Å². The Balaban J connectivity index is 1.76. The summed E-state index contributed by atoms with van der Waals surface area (Å²) in [5.74, 6) is 1.06. The number of aromatic nitrogens is 2. The van der Waals surface area contributed by atoms with Crippen LogP contribution in [0, 0.1) is 13.8 Å². The standard InChI is InChI=1S/C14H18N4OS2/c1-8-9(2)21-13-11(8)12(15)16-14(17-13)20-7-10(19)18-5-3-4-6-18/h3-7H2,1-2H3,(H2,15,16,17). The number of rotatable bonds is 3. The number of thiophene rings is 1. The van der Waals surface area contributed by atoms with Gasteiger partial charge >= 0.3 is 0 Å². The van der Waals surface area contributed by atoms with Crippen LogP contribution < -0.4 is 5.73 Å². The lowest BCUT2D eigenvalue weighted by Gasteiger charge is -2.14. The highest BCUT2D eigenvalue weighted by molar-refractivity contribution is 7.99. The molecule has 0 unspecified atom stereocenters. The van der Waals surface area contributed by atoms with Crippen LogP contribution in [0.4, 0.5) is 5.82 Å². The first kappa shape index (κ1) is 14.6. The predicted octanol–water partition coefficient (Wildman–Crippen LogP) is 2.60. The normalized spacial score (nSPS) is 15.0. The van der Waals surface area contributed by atoms with E-state index in [9.17, 15) is 4.79 Å². The molecule has 1 aliphatic heterocycles. The smallest absolute Gasteiger partial charge is 0.233 e. The second-order valence-corrected chi connectivity index (χ2v) is 7.38. The number of carbonyl (C=O) groups excluding carboxylic acids is 1. The van der Waals surface area contributed by atoms with Crippen molar-refractivity contribution in [2.45, 2.75) is 31.8 Å². The maximum Gasteiger partial charge on any atom is 0.233 e. The second-order valence-electron chi connectivity index (χ2n) is 5.23. The van der Waals surface area contributed by atoms with Gasteiger partial charge in [0.25, 0.3) is 0 Å². The van der Waals surface area contributed by atoms with E-state index in [4.69, 9.17) is 5.73 Å². The Bertz CT molecular complexity index is 692. The van der Waals surface area contributed by atoms with E-state index in [2.05, 4.69) is 16.9 Å². The van der Waals surface area contributed by atoms with E-state index in [1.807, 2.05) is 11.8 Å². The van der Waals surface area contributed by atoms with Gasteiger partial charge in [0.15, 0.2) is 5.16 Å². The lowest BCUT2D eigenvalue weighted by molar-refractivity contribution is -0.127. The maximum absolute atomic E-state index is 12.0. The molecule has 1 saturated heterocycles. The molecule has 3 rings (SSSR count). The molecule has 2 N–H and O–H groups in total. The lowest BCUT2D eigenvalue weighted by Crippen LogP contribution is -2.29. The van der Waals surface area contributed by atoms with Gasteiger partial charge in [-0.25, -0.2) is 9.97 Å². The number of likely N-dealkylation sites (tertiary alicyclic amines) is 1. The van der Waals surface area contributed by atoms with Crippen molar-refractivity contribution in [3.8, 4) is 0 Å². The van der Waals surface area contributed by atoms with E-state index >= 15 is 0 Å². The minimum absolute atomic E-state index is 0.165. The zero-order valence-electron chi connectivity index (χ0n) is 12.2. The number of aryl methyl sites for hydroxylation is 2. The fourth-order valence-corrected chi connectivity index (χ4v) is 4.36. The molecule has 2 aromatic heterocycles. The van der Waals surface area contributed by atoms with E-state index in [0.717, 1.165) is 41.7 Å². The molecule has 112 valence electrons. The largest absolute Gasteiger partial charge is 0.383 e. The van der Waals surface area contributed by atoms with Crippen LogP contribution in [0.25, 0.3) is 10.2 Å². The number of hydrogen-bond acceptors (Lipinski definition) is 6. The van der Waals surface area contributed by atoms with Gasteiger partial charge in [-0.05, 0) is 32.3 Å². The minimum Gasteiger partial charge on any atom is -0.383 e. The fourth-order valence-electron chi connectivity index (χ4n) is 2.51. The summed E-state index contributed by atoms with van der Waals surface area (Å²) in [5.41, 5.74) is 7.20. The number of hydrogen-bond donors (Lipinski definition) is 1. The van der Waals surface area contributed by atoms with Gasteiger partial charge in [-0.2, -0.15) is 0 Å². The van der Waals surface area contributed by atoms with Crippen molar-refractivity contribution in [3.05, 3.63) is 10.4 Å². The van der Waals surface area contributed by atoms with Crippen molar-refractivity contribution in [2.75, 3.05) is 24.6 Å². The van der Waals surface area contributed by atoms with Gasteiger partial charge in [0, 0.05) is 18.0 Å². The molecule has 0 radical (unpaired) electrons. The highest BCUT2D eigenvalue weighted by Crippen LogP contribution is 2.33. The Kier molecular flexibility index (Phi) is 4.03. The number of nitrogens with zero attached hydrogens (tertiary/aromatic N) is 3. The molecule has 2 aromatic rings. The molecule has 21 heavy (non-hydrogen) atoms. The Morgan fingerprint density at radius 1 is 1.33 bits per heavy atom. The van der Waals surface area contributed by atoms with Crippen LogP contribution in [0.1, 0.15) is 23.3 Å². The Hall–Kier alpha value is -1.34. The number of carbonyl (C=O) groups is 1. The first-order chi connectivity index (χ1) is 10.1. The number of thioether (sulfide) groups is 1. The zero-order valence-corrected chi connectivity index (χ0v) is 13.8. The average molecular weight is 322 g/mol. The molecule has 0 aromatic carbocycles. The van der Waals surface area contributed by atoms with Crippen molar-refractivity contribution in [3.63, 3.8) is 0 Å². The fraction of sp³-hybridized carbons (Fsp3) is 0.500. The van der Waals surface area contributed by atoms with Crippen LogP contribution >= 0.6 is 23.1 Å². The van der Waals surface area contributed by atoms with Gasteiger partial charge < -0.3 is 10.6 Å². The van der Waals surface area contributed by atoms with Gasteiger partial charge in [-0.1, -0.05) is 11.8 Å². The van der Waals surface area contributed by atoms with Crippen molar-refractivity contribution in [1.29, 1.82) is 0 Å². The molecular weight excluding hydrogens is 304 g/mol. The zero-order chi connectivity index (χ0) is 15.0. The van der Waals surface area contributed by atoms with Gasteiger partial charge in [-0.15, -0.1) is 11.3 Å². The third-order valence-electron chi connectivity index (χ3n) is 3.82. The van der Waals surface area contributed by atoms with Gasteiger partial charge in [0.05, 0.1) is 11.1 Å². The topological polar surface area (TPSA) is 72.1 Å². The molecule has 0 bridgehead atoms. The molecule has 7 heteroatoms. The Labute approximate surface area is 131 Å². The van der Waals surface area contributed by atoms with Gasteiger partial charge in [0.2, 0.25) is 5.91 Å². The second kappa shape index (κ2) is 5.81. The van der Waals surface area contributed by atoms with Crippen LogP contribution in [0.15, 0.2) is 5.16 Å². The minimum atomic E-state index is 0.165. The first-order valence-corrected chi connectivity index (χ1v) is 8.80. The van der Waals surface area contributed by atoms with Crippen molar-refractivity contribution >= 4 is 45.0 Å².